The molecular formula is C18H26N2O2. The van der Waals surface area contributed by atoms with Crippen molar-refractivity contribution >= 4 is 5.91 Å². The molecule has 3 rings (SSSR count). The third-order valence-corrected chi connectivity index (χ3v) is 4.87. The third kappa shape index (κ3) is 4.21. The number of pyridine rings is 1. The van der Waals surface area contributed by atoms with Crippen LogP contribution in [-0.4, -0.2) is 23.0 Å². The fraction of sp³-hybridized carbons (Fsp3) is 0.667. The molecule has 2 aliphatic carbocycles. The number of aromatic nitrogens is 1. The number of hydrogen-bond acceptors (Lipinski definition) is 3. The van der Waals surface area contributed by atoms with Crippen molar-refractivity contribution in [2.45, 2.75) is 69.9 Å². The van der Waals surface area contributed by atoms with Gasteiger partial charge < -0.3 is 10.1 Å². The zero-order chi connectivity index (χ0) is 15.2. The number of hydrogen-bond donors (Lipinski definition) is 1. The topological polar surface area (TPSA) is 51.2 Å². The Kier molecular flexibility index (Phi) is 5.30. The first-order chi connectivity index (χ1) is 10.8. The lowest BCUT2D eigenvalue weighted by atomic mass is 9.86. The highest BCUT2D eigenvalue weighted by Crippen LogP contribution is 2.28. The summed E-state index contributed by atoms with van der Waals surface area (Å²) in [6.07, 6.45) is 11.8. The summed E-state index contributed by atoms with van der Waals surface area (Å²) in [5, 5.41) is 3.26. The lowest BCUT2D eigenvalue weighted by Gasteiger charge is -2.30. The Morgan fingerprint density at radius 2 is 1.95 bits per heavy atom. The van der Waals surface area contributed by atoms with Gasteiger partial charge in [0.15, 0.2) is 0 Å². The summed E-state index contributed by atoms with van der Waals surface area (Å²) in [5.41, 5.74) is 0. The second kappa shape index (κ2) is 7.61. The normalized spacial score (nSPS) is 26.4. The molecule has 2 atom stereocenters. The van der Waals surface area contributed by atoms with E-state index in [-0.39, 0.29) is 17.9 Å². The van der Waals surface area contributed by atoms with Crippen LogP contribution in [0.4, 0.5) is 0 Å². The van der Waals surface area contributed by atoms with Crippen molar-refractivity contribution in [3.8, 4) is 5.88 Å². The number of amides is 1. The molecule has 0 saturated heterocycles. The second-order valence-corrected chi connectivity index (χ2v) is 6.61. The van der Waals surface area contributed by atoms with E-state index in [0.717, 1.165) is 38.5 Å². The van der Waals surface area contributed by atoms with Gasteiger partial charge in [-0.25, -0.2) is 4.98 Å². The van der Waals surface area contributed by atoms with E-state index in [0.29, 0.717) is 11.9 Å². The lowest BCUT2D eigenvalue weighted by molar-refractivity contribution is -0.127. The van der Waals surface area contributed by atoms with Crippen molar-refractivity contribution in [1.82, 2.24) is 10.3 Å². The van der Waals surface area contributed by atoms with Gasteiger partial charge in [-0.3, -0.25) is 4.79 Å². The SMILES string of the molecule is O=C(NC1CCCCC1)C1CCCC(Oc2ccccn2)C1. The molecule has 120 valence electrons. The molecule has 1 aromatic rings. The van der Waals surface area contributed by atoms with Crippen LogP contribution in [0.3, 0.4) is 0 Å². The van der Waals surface area contributed by atoms with Crippen LogP contribution >= 0.6 is 0 Å². The number of carbonyl (C=O) groups is 1. The van der Waals surface area contributed by atoms with Crippen molar-refractivity contribution in [3.63, 3.8) is 0 Å². The van der Waals surface area contributed by atoms with Crippen molar-refractivity contribution in [1.29, 1.82) is 0 Å². The number of rotatable bonds is 4. The van der Waals surface area contributed by atoms with Gasteiger partial charge in [0.2, 0.25) is 11.8 Å². The first-order valence-corrected chi connectivity index (χ1v) is 8.69. The van der Waals surface area contributed by atoms with Crippen LogP contribution in [-0.2, 0) is 4.79 Å². The van der Waals surface area contributed by atoms with Gasteiger partial charge in [0, 0.05) is 24.2 Å². The summed E-state index contributed by atoms with van der Waals surface area (Å²) in [6, 6.07) is 6.09. The fourth-order valence-corrected chi connectivity index (χ4v) is 3.64. The van der Waals surface area contributed by atoms with Crippen molar-refractivity contribution in [2.75, 3.05) is 0 Å². The second-order valence-electron chi connectivity index (χ2n) is 6.61. The van der Waals surface area contributed by atoms with E-state index in [1.807, 2.05) is 18.2 Å². The van der Waals surface area contributed by atoms with Crippen LogP contribution in [0, 0.1) is 5.92 Å². The summed E-state index contributed by atoms with van der Waals surface area (Å²) >= 11 is 0. The minimum atomic E-state index is 0.101. The van der Waals surface area contributed by atoms with E-state index in [1.165, 1.54) is 19.3 Å². The molecule has 0 spiro atoms. The predicted octanol–water partition coefficient (Wildman–Crippen LogP) is 3.47. The van der Waals surface area contributed by atoms with E-state index in [1.54, 1.807) is 6.20 Å². The molecule has 1 N–H and O–H groups in total. The third-order valence-electron chi connectivity index (χ3n) is 4.87. The van der Waals surface area contributed by atoms with Crippen LogP contribution in [0.15, 0.2) is 24.4 Å². The van der Waals surface area contributed by atoms with Crippen LogP contribution in [0.1, 0.15) is 57.8 Å². The lowest BCUT2D eigenvalue weighted by Crippen LogP contribution is -2.42. The average Bonchev–Trinajstić information content (AvgIpc) is 2.57. The number of carbonyl (C=O) groups excluding carboxylic acids is 1. The van der Waals surface area contributed by atoms with Gasteiger partial charge >= 0.3 is 0 Å². The first kappa shape index (κ1) is 15.3. The van der Waals surface area contributed by atoms with Gasteiger partial charge in [-0.2, -0.15) is 0 Å². The monoisotopic (exact) mass is 302 g/mol. The fourth-order valence-electron chi connectivity index (χ4n) is 3.64. The van der Waals surface area contributed by atoms with Crippen LogP contribution < -0.4 is 10.1 Å². The molecule has 1 heterocycles. The molecule has 0 bridgehead atoms. The van der Waals surface area contributed by atoms with Gasteiger partial charge in [-0.05, 0) is 44.6 Å². The van der Waals surface area contributed by atoms with E-state index in [4.69, 9.17) is 4.74 Å². The highest BCUT2D eigenvalue weighted by atomic mass is 16.5. The summed E-state index contributed by atoms with van der Waals surface area (Å²) in [7, 11) is 0. The van der Waals surface area contributed by atoms with Crippen LogP contribution in [0.2, 0.25) is 0 Å². The molecule has 1 aromatic heterocycles. The standard InChI is InChI=1S/C18H26N2O2/c21-18(20-15-8-2-1-3-9-15)14-7-6-10-16(13-14)22-17-11-4-5-12-19-17/h4-5,11-12,14-16H,1-3,6-10,13H2,(H,20,21). The van der Waals surface area contributed by atoms with Crippen molar-refractivity contribution in [2.24, 2.45) is 5.92 Å². The van der Waals surface area contributed by atoms with E-state index >= 15 is 0 Å². The Morgan fingerprint density at radius 3 is 2.73 bits per heavy atom. The molecule has 4 nitrogen and oxygen atoms in total. The van der Waals surface area contributed by atoms with Crippen LogP contribution in [0.5, 0.6) is 5.88 Å². The molecule has 22 heavy (non-hydrogen) atoms. The zero-order valence-corrected chi connectivity index (χ0v) is 13.2. The minimum Gasteiger partial charge on any atom is -0.474 e. The van der Waals surface area contributed by atoms with Crippen molar-refractivity contribution < 1.29 is 9.53 Å². The highest BCUT2D eigenvalue weighted by Gasteiger charge is 2.30. The maximum absolute atomic E-state index is 12.5. The molecule has 1 amide bonds. The van der Waals surface area contributed by atoms with Gasteiger partial charge in [-0.1, -0.05) is 25.3 Å². The van der Waals surface area contributed by atoms with E-state index in [2.05, 4.69) is 10.3 Å². The first-order valence-electron chi connectivity index (χ1n) is 8.69. The quantitative estimate of drug-likeness (QED) is 0.926. The Bertz CT molecular complexity index is 471. The molecule has 0 aliphatic heterocycles. The molecule has 2 saturated carbocycles. The Hall–Kier alpha value is -1.58. The Balaban J connectivity index is 1.50. The summed E-state index contributed by atoms with van der Waals surface area (Å²) in [6.45, 7) is 0. The molecule has 2 aliphatic rings. The summed E-state index contributed by atoms with van der Waals surface area (Å²) < 4.78 is 5.93. The minimum absolute atomic E-state index is 0.101. The highest BCUT2D eigenvalue weighted by molar-refractivity contribution is 5.79. The predicted molar refractivity (Wildman–Crippen MR) is 85.6 cm³/mol. The molecule has 0 radical (unpaired) electrons. The van der Waals surface area contributed by atoms with Gasteiger partial charge in [0.05, 0.1) is 0 Å². The largest absolute Gasteiger partial charge is 0.474 e. The van der Waals surface area contributed by atoms with Crippen LogP contribution in [0.25, 0.3) is 0 Å². The van der Waals surface area contributed by atoms with Gasteiger partial charge in [-0.15, -0.1) is 0 Å². The maximum atomic E-state index is 12.5. The number of nitrogens with zero attached hydrogens (tertiary/aromatic N) is 1. The molecule has 4 heteroatoms. The molecule has 2 unspecified atom stereocenters. The smallest absolute Gasteiger partial charge is 0.223 e. The Labute approximate surface area is 132 Å². The number of ether oxygens (including phenoxy) is 1. The summed E-state index contributed by atoms with van der Waals surface area (Å²) in [4.78, 5) is 16.7. The molecule has 0 aromatic carbocycles. The van der Waals surface area contributed by atoms with E-state index < -0.39 is 0 Å². The Morgan fingerprint density at radius 1 is 1.09 bits per heavy atom. The molecular weight excluding hydrogens is 276 g/mol. The van der Waals surface area contributed by atoms with Gasteiger partial charge in [0.1, 0.15) is 6.10 Å². The maximum Gasteiger partial charge on any atom is 0.223 e. The number of nitrogens with one attached hydrogen (secondary N) is 1. The van der Waals surface area contributed by atoms with E-state index in [9.17, 15) is 4.79 Å². The average molecular weight is 302 g/mol. The zero-order valence-electron chi connectivity index (χ0n) is 13.2. The van der Waals surface area contributed by atoms with Crippen molar-refractivity contribution in [3.05, 3.63) is 24.4 Å². The van der Waals surface area contributed by atoms with Gasteiger partial charge in [0.25, 0.3) is 0 Å². The summed E-state index contributed by atoms with van der Waals surface area (Å²) in [5.74, 6) is 1.01. The molecule has 2 fully saturated rings.